The second kappa shape index (κ2) is 8.16. The molecule has 0 aliphatic carbocycles. The van der Waals surface area contributed by atoms with E-state index in [9.17, 15) is 14.5 Å². The molecule has 0 spiro atoms. The third-order valence-electron chi connectivity index (χ3n) is 4.56. The number of hydrogen-bond acceptors (Lipinski definition) is 5. The first-order valence-electron chi connectivity index (χ1n) is 9.21. The number of ether oxygens (including phenoxy) is 1. The molecule has 6 nitrogen and oxygen atoms in total. The standard InChI is InChI=1S/C23H17FN2O4/c1-15-22(25-23(29-15)17-4-8-19(9-5-17)26(27)28)14-16-2-10-20(11-3-16)30-21-12-6-18(24)7-13-21/h2-13H,14H2,1H3. The highest BCUT2D eigenvalue weighted by atomic mass is 19.1. The van der Waals surface area contributed by atoms with E-state index in [2.05, 4.69) is 4.98 Å². The number of benzene rings is 3. The Balaban J connectivity index is 1.46. The van der Waals surface area contributed by atoms with Crippen LogP contribution in [-0.2, 0) is 6.42 Å². The van der Waals surface area contributed by atoms with Gasteiger partial charge in [0.15, 0.2) is 0 Å². The lowest BCUT2D eigenvalue weighted by Crippen LogP contribution is -1.92. The maximum Gasteiger partial charge on any atom is 0.269 e. The van der Waals surface area contributed by atoms with Crippen LogP contribution in [0.5, 0.6) is 11.5 Å². The SMILES string of the molecule is Cc1oc(-c2ccc([N+](=O)[O-])cc2)nc1Cc1ccc(Oc2ccc(F)cc2)cc1. The predicted octanol–water partition coefficient (Wildman–Crippen LogP) is 6.08. The van der Waals surface area contributed by atoms with Crippen molar-refractivity contribution in [2.75, 3.05) is 0 Å². The number of non-ortho nitro benzene ring substituents is 1. The highest BCUT2D eigenvalue weighted by Crippen LogP contribution is 2.26. The summed E-state index contributed by atoms with van der Waals surface area (Å²) in [5.41, 5.74) is 2.51. The lowest BCUT2D eigenvalue weighted by atomic mass is 10.1. The predicted molar refractivity (Wildman–Crippen MR) is 109 cm³/mol. The van der Waals surface area contributed by atoms with Gasteiger partial charge in [-0.25, -0.2) is 9.37 Å². The Morgan fingerprint density at radius 2 is 1.57 bits per heavy atom. The van der Waals surface area contributed by atoms with Crippen molar-refractivity contribution < 1.29 is 18.5 Å². The maximum atomic E-state index is 13.0. The van der Waals surface area contributed by atoms with Crippen LogP contribution in [0.3, 0.4) is 0 Å². The Morgan fingerprint density at radius 3 is 2.17 bits per heavy atom. The average molecular weight is 404 g/mol. The minimum atomic E-state index is -0.445. The first-order valence-corrected chi connectivity index (χ1v) is 9.21. The first kappa shape index (κ1) is 19.3. The van der Waals surface area contributed by atoms with Gasteiger partial charge in [-0.15, -0.1) is 0 Å². The van der Waals surface area contributed by atoms with Crippen molar-refractivity contribution >= 4 is 5.69 Å². The molecule has 3 aromatic carbocycles. The number of nitrogens with zero attached hydrogens (tertiary/aromatic N) is 2. The van der Waals surface area contributed by atoms with Crippen LogP contribution >= 0.6 is 0 Å². The first-order chi connectivity index (χ1) is 14.5. The lowest BCUT2D eigenvalue weighted by molar-refractivity contribution is -0.384. The minimum Gasteiger partial charge on any atom is -0.457 e. The smallest absolute Gasteiger partial charge is 0.269 e. The number of halogens is 1. The second-order valence-corrected chi connectivity index (χ2v) is 6.70. The molecular weight excluding hydrogens is 387 g/mol. The van der Waals surface area contributed by atoms with E-state index in [4.69, 9.17) is 9.15 Å². The van der Waals surface area contributed by atoms with Crippen LogP contribution in [0.4, 0.5) is 10.1 Å². The van der Waals surface area contributed by atoms with Crippen molar-refractivity contribution in [2.24, 2.45) is 0 Å². The van der Waals surface area contributed by atoms with Gasteiger partial charge in [-0.1, -0.05) is 12.1 Å². The summed E-state index contributed by atoms with van der Waals surface area (Å²) in [6.45, 7) is 1.84. The fourth-order valence-electron chi connectivity index (χ4n) is 2.95. The van der Waals surface area contributed by atoms with Crippen LogP contribution in [0, 0.1) is 22.9 Å². The van der Waals surface area contributed by atoms with Crippen molar-refractivity contribution in [2.45, 2.75) is 13.3 Å². The quantitative estimate of drug-likeness (QED) is 0.287. The molecule has 0 atom stereocenters. The molecule has 1 aromatic heterocycles. The Morgan fingerprint density at radius 1 is 0.967 bits per heavy atom. The summed E-state index contributed by atoms with van der Waals surface area (Å²) in [6.07, 6.45) is 0.569. The molecule has 0 unspecified atom stereocenters. The van der Waals surface area contributed by atoms with Crippen LogP contribution in [-0.4, -0.2) is 9.91 Å². The topological polar surface area (TPSA) is 78.4 Å². The zero-order valence-corrected chi connectivity index (χ0v) is 16.0. The van der Waals surface area contributed by atoms with E-state index in [1.165, 1.54) is 24.3 Å². The van der Waals surface area contributed by atoms with Crippen molar-refractivity contribution in [1.82, 2.24) is 4.98 Å². The van der Waals surface area contributed by atoms with Crippen molar-refractivity contribution in [3.63, 3.8) is 0 Å². The Labute approximate surface area is 171 Å². The number of rotatable bonds is 6. The molecule has 0 saturated carbocycles. The van der Waals surface area contributed by atoms with Gasteiger partial charge in [-0.3, -0.25) is 10.1 Å². The van der Waals surface area contributed by atoms with Gasteiger partial charge in [0.25, 0.3) is 5.69 Å². The molecular formula is C23H17FN2O4. The molecule has 30 heavy (non-hydrogen) atoms. The van der Waals surface area contributed by atoms with Gasteiger partial charge in [0.2, 0.25) is 5.89 Å². The number of nitro groups is 1. The van der Waals surface area contributed by atoms with Gasteiger partial charge in [-0.05, 0) is 61.0 Å². The van der Waals surface area contributed by atoms with E-state index in [1.807, 2.05) is 31.2 Å². The monoisotopic (exact) mass is 404 g/mol. The Bertz CT molecular complexity index is 1170. The molecule has 150 valence electrons. The van der Waals surface area contributed by atoms with Crippen molar-refractivity contribution in [3.05, 3.63) is 106 Å². The zero-order valence-electron chi connectivity index (χ0n) is 16.0. The molecule has 0 aliphatic rings. The fourth-order valence-corrected chi connectivity index (χ4v) is 2.95. The molecule has 0 amide bonds. The third kappa shape index (κ3) is 4.35. The van der Waals surface area contributed by atoms with Gasteiger partial charge >= 0.3 is 0 Å². The van der Waals surface area contributed by atoms with E-state index in [1.54, 1.807) is 24.3 Å². The van der Waals surface area contributed by atoms with E-state index >= 15 is 0 Å². The highest BCUT2D eigenvalue weighted by molar-refractivity contribution is 5.56. The molecule has 4 rings (SSSR count). The molecule has 4 aromatic rings. The average Bonchev–Trinajstić information content (AvgIpc) is 3.11. The number of aromatic nitrogens is 1. The molecule has 0 saturated heterocycles. The molecule has 1 heterocycles. The summed E-state index contributed by atoms with van der Waals surface area (Å²) in [7, 11) is 0. The van der Waals surface area contributed by atoms with E-state index in [0.717, 1.165) is 11.3 Å². The van der Waals surface area contributed by atoms with Gasteiger partial charge in [0.05, 0.1) is 10.6 Å². The van der Waals surface area contributed by atoms with E-state index < -0.39 is 4.92 Å². The summed E-state index contributed by atoms with van der Waals surface area (Å²) in [5.74, 6) is 2.01. The summed E-state index contributed by atoms with van der Waals surface area (Å²) in [4.78, 5) is 14.9. The molecule has 0 N–H and O–H groups in total. The molecule has 7 heteroatoms. The number of oxazole rings is 1. The lowest BCUT2D eigenvalue weighted by Gasteiger charge is -2.06. The highest BCUT2D eigenvalue weighted by Gasteiger charge is 2.13. The number of hydrogen-bond donors (Lipinski definition) is 0. The fraction of sp³-hybridized carbons (Fsp3) is 0.0870. The summed E-state index contributed by atoms with van der Waals surface area (Å²) in [6, 6.07) is 19.5. The van der Waals surface area contributed by atoms with Crippen LogP contribution < -0.4 is 4.74 Å². The normalized spacial score (nSPS) is 10.7. The van der Waals surface area contributed by atoms with Gasteiger partial charge in [0.1, 0.15) is 23.1 Å². The largest absolute Gasteiger partial charge is 0.457 e. The second-order valence-electron chi connectivity index (χ2n) is 6.70. The zero-order chi connectivity index (χ0) is 21.1. The van der Waals surface area contributed by atoms with E-state index in [0.29, 0.717) is 35.1 Å². The van der Waals surface area contributed by atoms with Crippen LogP contribution in [0.25, 0.3) is 11.5 Å². The van der Waals surface area contributed by atoms with Crippen LogP contribution in [0.15, 0.2) is 77.2 Å². The third-order valence-corrected chi connectivity index (χ3v) is 4.56. The summed E-state index contributed by atoms with van der Waals surface area (Å²) < 4.78 is 24.4. The van der Waals surface area contributed by atoms with Crippen LogP contribution in [0.2, 0.25) is 0 Å². The van der Waals surface area contributed by atoms with Gasteiger partial charge in [-0.2, -0.15) is 0 Å². The Hall–Kier alpha value is -4.00. The number of nitro benzene ring substituents is 1. The summed E-state index contributed by atoms with van der Waals surface area (Å²) >= 11 is 0. The van der Waals surface area contributed by atoms with Crippen molar-refractivity contribution in [1.29, 1.82) is 0 Å². The van der Waals surface area contributed by atoms with Gasteiger partial charge < -0.3 is 9.15 Å². The molecule has 0 aliphatic heterocycles. The molecule has 0 bridgehead atoms. The molecule has 0 radical (unpaired) electrons. The van der Waals surface area contributed by atoms with Crippen molar-refractivity contribution in [3.8, 4) is 23.0 Å². The summed E-state index contributed by atoms with van der Waals surface area (Å²) in [5, 5.41) is 10.8. The molecule has 0 fully saturated rings. The Kier molecular flexibility index (Phi) is 5.26. The minimum absolute atomic E-state index is 0.0187. The van der Waals surface area contributed by atoms with E-state index in [-0.39, 0.29) is 11.5 Å². The van der Waals surface area contributed by atoms with Gasteiger partial charge in [0, 0.05) is 24.1 Å². The maximum absolute atomic E-state index is 13.0. The van der Waals surface area contributed by atoms with Crippen LogP contribution in [0.1, 0.15) is 17.0 Å². The number of aryl methyl sites for hydroxylation is 1.